The zero-order valence-corrected chi connectivity index (χ0v) is 12.8. The number of benzene rings is 1. The molecule has 1 aliphatic heterocycles. The Kier molecular flexibility index (Phi) is 3.46. The highest BCUT2D eigenvalue weighted by atomic mass is 35.5. The SMILES string of the molecule is CCC1(CC(=O)O)OCC(C)c2c1[nH]c1c(Cl)cccc21. The molecular weight excluding hydrogens is 290 g/mol. The van der Waals surface area contributed by atoms with E-state index in [4.69, 9.17) is 16.3 Å². The molecule has 0 bridgehead atoms. The third-order valence-corrected chi connectivity index (χ3v) is 4.70. The summed E-state index contributed by atoms with van der Waals surface area (Å²) in [6.07, 6.45) is 0.553. The number of nitrogens with one attached hydrogen (secondary N) is 1. The number of halogens is 1. The first kappa shape index (κ1) is 14.4. The number of carboxylic acids is 1. The van der Waals surface area contributed by atoms with Gasteiger partial charge in [-0.05, 0) is 18.1 Å². The van der Waals surface area contributed by atoms with Crippen molar-refractivity contribution < 1.29 is 14.6 Å². The molecule has 2 N–H and O–H groups in total. The summed E-state index contributed by atoms with van der Waals surface area (Å²) < 4.78 is 5.98. The molecule has 112 valence electrons. The molecule has 0 amide bonds. The molecule has 0 saturated heterocycles. The summed E-state index contributed by atoms with van der Waals surface area (Å²) in [7, 11) is 0. The minimum Gasteiger partial charge on any atom is -0.481 e. The summed E-state index contributed by atoms with van der Waals surface area (Å²) in [4.78, 5) is 14.6. The van der Waals surface area contributed by atoms with E-state index >= 15 is 0 Å². The molecule has 21 heavy (non-hydrogen) atoms. The van der Waals surface area contributed by atoms with Gasteiger partial charge in [0.15, 0.2) is 0 Å². The van der Waals surface area contributed by atoms with Crippen LogP contribution in [0, 0.1) is 0 Å². The highest BCUT2D eigenvalue weighted by Gasteiger charge is 2.43. The molecule has 0 saturated carbocycles. The van der Waals surface area contributed by atoms with Gasteiger partial charge in [-0.15, -0.1) is 0 Å². The minimum absolute atomic E-state index is 0.0480. The Morgan fingerprint density at radius 1 is 1.57 bits per heavy atom. The molecular formula is C16H18ClNO3. The number of aromatic nitrogens is 1. The third kappa shape index (κ3) is 2.14. The van der Waals surface area contributed by atoms with Crippen molar-refractivity contribution in [1.29, 1.82) is 0 Å². The molecule has 0 radical (unpaired) electrons. The lowest BCUT2D eigenvalue weighted by atomic mass is 9.83. The number of H-pyrrole nitrogens is 1. The molecule has 2 aromatic rings. The second-order valence-electron chi connectivity index (χ2n) is 5.71. The summed E-state index contributed by atoms with van der Waals surface area (Å²) in [6, 6.07) is 5.79. The maximum absolute atomic E-state index is 11.3. The van der Waals surface area contributed by atoms with Gasteiger partial charge in [-0.25, -0.2) is 0 Å². The van der Waals surface area contributed by atoms with Crippen LogP contribution in [0.5, 0.6) is 0 Å². The van der Waals surface area contributed by atoms with Crippen LogP contribution in [0.15, 0.2) is 18.2 Å². The lowest BCUT2D eigenvalue weighted by molar-refractivity contribution is -0.149. The maximum atomic E-state index is 11.3. The first-order valence-corrected chi connectivity index (χ1v) is 7.52. The lowest BCUT2D eigenvalue weighted by Crippen LogP contribution is -2.38. The summed E-state index contributed by atoms with van der Waals surface area (Å²) in [6.45, 7) is 4.57. The predicted octanol–water partition coefficient (Wildman–Crippen LogP) is 4.04. The molecule has 1 aliphatic rings. The number of para-hydroxylation sites is 1. The fourth-order valence-electron chi connectivity index (χ4n) is 3.30. The van der Waals surface area contributed by atoms with E-state index in [1.165, 1.54) is 0 Å². The van der Waals surface area contributed by atoms with Crippen molar-refractivity contribution in [1.82, 2.24) is 4.98 Å². The Morgan fingerprint density at radius 2 is 2.33 bits per heavy atom. The fourth-order valence-corrected chi connectivity index (χ4v) is 3.52. The molecule has 1 aromatic heterocycles. The van der Waals surface area contributed by atoms with Crippen molar-refractivity contribution in [2.75, 3.05) is 6.61 Å². The average molecular weight is 308 g/mol. The number of fused-ring (bicyclic) bond motifs is 3. The molecule has 5 heteroatoms. The Bertz CT molecular complexity index is 709. The molecule has 2 unspecified atom stereocenters. The molecule has 2 atom stereocenters. The van der Waals surface area contributed by atoms with Crippen LogP contribution in [0.3, 0.4) is 0 Å². The second-order valence-corrected chi connectivity index (χ2v) is 6.11. The molecule has 3 rings (SSSR count). The van der Waals surface area contributed by atoms with E-state index in [-0.39, 0.29) is 12.3 Å². The molecule has 4 nitrogen and oxygen atoms in total. The summed E-state index contributed by atoms with van der Waals surface area (Å²) >= 11 is 6.28. The van der Waals surface area contributed by atoms with Crippen molar-refractivity contribution in [3.05, 3.63) is 34.5 Å². The number of carbonyl (C=O) groups is 1. The van der Waals surface area contributed by atoms with Crippen LogP contribution in [-0.4, -0.2) is 22.7 Å². The Morgan fingerprint density at radius 3 is 3.00 bits per heavy atom. The van der Waals surface area contributed by atoms with Gasteiger partial charge in [0.05, 0.1) is 29.3 Å². The largest absolute Gasteiger partial charge is 0.481 e. The van der Waals surface area contributed by atoms with E-state index in [0.29, 0.717) is 18.1 Å². The molecule has 0 aliphatic carbocycles. The first-order valence-electron chi connectivity index (χ1n) is 7.15. The van der Waals surface area contributed by atoms with Crippen molar-refractivity contribution in [2.24, 2.45) is 0 Å². The van der Waals surface area contributed by atoms with Crippen LogP contribution < -0.4 is 0 Å². The van der Waals surface area contributed by atoms with Gasteiger partial charge in [-0.3, -0.25) is 4.79 Å². The number of hydrogen-bond donors (Lipinski definition) is 2. The van der Waals surface area contributed by atoms with Gasteiger partial charge >= 0.3 is 5.97 Å². The van der Waals surface area contributed by atoms with E-state index in [2.05, 4.69) is 11.9 Å². The average Bonchev–Trinajstić information content (AvgIpc) is 2.84. The summed E-state index contributed by atoms with van der Waals surface area (Å²) in [5.74, 6) is -0.650. The zero-order valence-electron chi connectivity index (χ0n) is 12.1. The molecule has 1 aromatic carbocycles. The van der Waals surface area contributed by atoms with E-state index in [1.54, 1.807) is 0 Å². The Hall–Kier alpha value is -1.52. The summed E-state index contributed by atoms with van der Waals surface area (Å²) in [5.41, 5.74) is 2.08. The predicted molar refractivity (Wildman–Crippen MR) is 81.9 cm³/mol. The van der Waals surface area contributed by atoms with E-state index < -0.39 is 11.6 Å². The number of ether oxygens (including phenoxy) is 1. The number of aliphatic carboxylic acids is 1. The normalized spacial score (nSPS) is 25.0. The van der Waals surface area contributed by atoms with Crippen LogP contribution in [0.1, 0.15) is 43.9 Å². The van der Waals surface area contributed by atoms with E-state index in [9.17, 15) is 9.90 Å². The van der Waals surface area contributed by atoms with Gasteiger partial charge in [0.25, 0.3) is 0 Å². The Balaban J connectivity index is 2.29. The van der Waals surface area contributed by atoms with Crippen molar-refractivity contribution in [2.45, 2.75) is 38.2 Å². The quantitative estimate of drug-likeness (QED) is 0.899. The monoisotopic (exact) mass is 307 g/mol. The van der Waals surface area contributed by atoms with Gasteiger partial charge in [-0.2, -0.15) is 0 Å². The summed E-state index contributed by atoms with van der Waals surface area (Å²) in [5, 5.41) is 11.0. The van der Waals surface area contributed by atoms with Gasteiger partial charge in [0.2, 0.25) is 0 Å². The highest BCUT2D eigenvalue weighted by Crippen LogP contribution is 2.46. The van der Waals surface area contributed by atoms with Gasteiger partial charge in [0.1, 0.15) is 5.60 Å². The van der Waals surface area contributed by atoms with Crippen LogP contribution in [-0.2, 0) is 15.1 Å². The van der Waals surface area contributed by atoms with Gasteiger partial charge < -0.3 is 14.8 Å². The van der Waals surface area contributed by atoms with Crippen LogP contribution >= 0.6 is 11.6 Å². The van der Waals surface area contributed by atoms with E-state index in [1.807, 2.05) is 25.1 Å². The minimum atomic E-state index is -0.859. The number of aromatic amines is 1. The standard InChI is InChI=1S/C16H18ClNO3/c1-3-16(7-12(19)20)15-13(9(2)8-21-16)10-5-4-6-11(17)14(10)18-15/h4-6,9,18H,3,7-8H2,1-2H3,(H,19,20). The fraction of sp³-hybridized carbons (Fsp3) is 0.438. The third-order valence-electron chi connectivity index (χ3n) is 4.39. The molecule has 0 fully saturated rings. The van der Waals surface area contributed by atoms with Gasteiger partial charge in [-0.1, -0.05) is 37.6 Å². The van der Waals surface area contributed by atoms with Crippen LogP contribution in [0.25, 0.3) is 10.9 Å². The lowest BCUT2D eigenvalue weighted by Gasteiger charge is -2.38. The Labute approximate surface area is 128 Å². The smallest absolute Gasteiger partial charge is 0.306 e. The van der Waals surface area contributed by atoms with Crippen molar-refractivity contribution in [3.8, 4) is 0 Å². The van der Waals surface area contributed by atoms with Gasteiger partial charge in [0, 0.05) is 11.3 Å². The van der Waals surface area contributed by atoms with Crippen molar-refractivity contribution >= 4 is 28.5 Å². The molecule has 0 spiro atoms. The van der Waals surface area contributed by atoms with Crippen LogP contribution in [0.2, 0.25) is 5.02 Å². The number of hydrogen-bond acceptors (Lipinski definition) is 2. The zero-order chi connectivity index (χ0) is 15.2. The maximum Gasteiger partial charge on any atom is 0.306 e. The number of carboxylic acid groups (broad SMARTS) is 1. The van der Waals surface area contributed by atoms with Crippen LogP contribution in [0.4, 0.5) is 0 Å². The van der Waals surface area contributed by atoms with E-state index in [0.717, 1.165) is 22.2 Å². The highest BCUT2D eigenvalue weighted by molar-refractivity contribution is 6.35. The first-order chi connectivity index (χ1) is 9.98. The topological polar surface area (TPSA) is 62.3 Å². The number of rotatable bonds is 3. The van der Waals surface area contributed by atoms with Crippen molar-refractivity contribution in [3.63, 3.8) is 0 Å². The molecule has 2 heterocycles. The second kappa shape index (κ2) is 5.04.